The number of carbonyl (C=O) groups excluding carboxylic acids is 1. The zero-order valence-corrected chi connectivity index (χ0v) is 16.2. The standard InChI is InChI=1S/C20H32N4O2/c1-4-19(25)24-13-11-18(15-24)23-20(21-3)22-12-8-14-26-16(2)17-9-6-5-7-10-17/h5-7,9-10,16,18H,4,8,11-15H2,1-3H3,(H2,21,22,23). The van der Waals surface area contributed by atoms with Crippen LogP contribution in [0.1, 0.15) is 44.8 Å². The molecule has 2 unspecified atom stereocenters. The van der Waals surface area contributed by atoms with E-state index >= 15 is 0 Å². The zero-order valence-electron chi connectivity index (χ0n) is 16.2. The Morgan fingerprint density at radius 3 is 2.85 bits per heavy atom. The number of amides is 1. The molecule has 1 aromatic carbocycles. The summed E-state index contributed by atoms with van der Waals surface area (Å²) in [6, 6.07) is 10.5. The molecule has 1 aliphatic heterocycles. The maximum Gasteiger partial charge on any atom is 0.222 e. The van der Waals surface area contributed by atoms with Crippen molar-refractivity contribution in [3.05, 3.63) is 35.9 Å². The van der Waals surface area contributed by atoms with Gasteiger partial charge in [0.15, 0.2) is 5.96 Å². The van der Waals surface area contributed by atoms with E-state index in [0.29, 0.717) is 13.0 Å². The Hall–Kier alpha value is -2.08. The fourth-order valence-electron chi connectivity index (χ4n) is 3.08. The second-order valence-electron chi connectivity index (χ2n) is 6.60. The number of carbonyl (C=O) groups is 1. The summed E-state index contributed by atoms with van der Waals surface area (Å²) >= 11 is 0. The lowest BCUT2D eigenvalue weighted by Crippen LogP contribution is -2.45. The van der Waals surface area contributed by atoms with E-state index in [0.717, 1.165) is 38.4 Å². The van der Waals surface area contributed by atoms with E-state index in [2.05, 4.69) is 34.7 Å². The van der Waals surface area contributed by atoms with Crippen LogP contribution in [-0.4, -0.2) is 56.1 Å². The lowest BCUT2D eigenvalue weighted by Gasteiger charge is -2.19. The molecule has 1 heterocycles. The average Bonchev–Trinajstić information content (AvgIpc) is 3.15. The van der Waals surface area contributed by atoms with Gasteiger partial charge in [-0.15, -0.1) is 0 Å². The molecule has 1 fully saturated rings. The molecule has 0 aromatic heterocycles. The van der Waals surface area contributed by atoms with Crippen LogP contribution < -0.4 is 10.6 Å². The molecule has 0 bridgehead atoms. The van der Waals surface area contributed by atoms with Crippen molar-refractivity contribution in [3.63, 3.8) is 0 Å². The Bertz CT molecular complexity index is 576. The first-order valence-corrected chi connectivity index (χ1v) is 9.55. The van der Waals surface area contributed by atoms with Crippen LogP contribution in [0, 0.1) is 0 Å². The molecule has 2 rings (SSSR count). The molecule has 2 N–H and O–H groups in total. The zero-order chi connectivity index (χ0) is 18.8. The van der Waals surface area contributed by atoms with Gasteiger partial charge in [0.1, 0.15) is 0 Å². The van der Waals surface area contributed by atoms with Gasteiger partial charge in [-0.2, -0.15) is 0 Å². The van der Waals surface area contributed by atoms with E-state index in [4.69, 9.17) is 4.74 Å². The Morgan fingerprint density at radius 1 is 1.38 bits per heavy atom. The highest BCUT2D eigenvalue weighted by molar-refractivity contribution is 5.80. The number of nitrogens with zero attached hydrogens (tertiary/aromatic N) is 2. The van der Waals surface area contributed by atoms with Crippen LogP contribution in [0.4, 0.5) is 0 Å². The summed E-state index contributed by atoms with van der Waals surface area (Å²) in [7, 11) is 1.77. The molecule has 0 saturated carbocycles. The van der Waals surface area contributed by atoms with Crippen molar-refractivity contribution in [2.24, 2.45) is 4.99 Å². The first-order chi connectivity index (χ1) is 12.6. The van der Waals surface area contributed by atoms with Gasteiger partial charge in [0.25, 0.3) is 0 Å². The summed E-state index contributed by atoms with van der Waals surface area (Å²) in [5, 5.41) is 6.73. The van der Waals surface area contributed by atoms with Crippen molar-refractivity contribution in [3.8, 4) is 0 Å². The summed E-state index contributed by atoms with van der Waals surface area (Å²) in [6.45, 7) is 7.06. The molecule has 26 heavy (non-hydrogen) atoms. The van der Waals surface area contributed by atoms with Crippen LogP contribution in [0.5, 0.6) is 0 Å². The lowest BCUT2D eigenvalue weighted by molar-refractivity contribution is -0.129. The van der Waals surface area contributed by atoms with Crippen molar-refractivity contribution < 1.29 is 9.53 Å². The molecule has 1 aromatic rings. The van der Waals surface area contributed by atoms with E-state index in [1.54, 1.807) is 7.05 Å². The highest BCUT2D eigenvalue weighted by Crippen LogP contribution is 2.15. The second kappa shape index (κ2) is 10.8. The number of guanidine groups is 1. The van der Waals surface area contributed by atoms with Gasteiger partial charge in [0.05, 0.1) is 6.10 Å². The predicted octanol–water partition coefficient (Wildman–Crippen LogP) is 2.33. The maximum atomic E-state index is 11.8. The third-order valence-corrected chi connectivity index (χ3v) is 4.66. The molecular formula is C20H32N4O2. The van der Waals surface area contributed by atoms with E-state index in [-0.39, 0.29) is 18.1 Å². The maximum absolute atomic E-state index is 11.8. The Kier molecular flexibility index (Phi) is 8.41. The molecule has 1 saturated heterocycles. The minimum Gasteiger partial charge on any atom is -0.374 e. The van der Waals surface area contributed by atoms with Crippen LogP contribution in [0.3, 0.4) is 0 Å². The second-order valence-corrected chi connectivity index (χ2v) is 6.60. The van der Waals surface area contributed by atoms with Gasteiger partial charge in [-0.1, -0.05) is 37.3 Å². The van der Waals surface area contributed by atoms with E-state index in [1.807, 2.05) is 30.0 Å². The predicted molar refractivity (Wildman–Crippen MR) is 105 cm³/mol. The summed E-state index contributed by atoms with van der Waals surface area (Å²) in [4.78, 5) is 17.9. The van der Waals surface area contributed by atoms with Crippen molar-refractivity contribution in [2.45, 2.75) is 45.3 Å². The minimum absolute atomic E-state index is 0.106. The Labute approximate surface area is 157 Å². The number of benzene rings is 1. The first-order valence-electron chi connectivity index (χ1n) is 9.55. The highest BCUT2D eigenvalue weighted by atomic mass is 16.5. The minimum atomic E-state index is 0.106. The number of aliphatic imine (C=N–C) groups is 1. The van der Waals surface area contributed by atoms with Gasteiger partial charge in [-0.25, -0.2) is 0 Å². The topological polar surface area (TPSA) is 66.0 Å². The normalized spacial score (nSPS) is 18.7. The number of ether oxygens (including phenoxy) is 1. The fraction of sp³-hybridized carbons (Fsp3) is 0.600. The molecule has 6 nitrogen and oxygen atoms in total. The molecule has 0 spiro atoms. The molecule has 144 valence electrons. The summed E-state index contributed by atoms with van der Waals surface area (Å²) in [5.74, 6) is 1.01. The van der Waals surface area contributed by atoms with Crippen LogP contribution in [0.2, 0.25) is 0 Å². The first kappa shape index (κ1) is 20.2. The number of hydrogen-bond donors (Lipinski definition) is 2. The SMILES string of the molecule is CCC(=O)N1CCC(NC(=NC)NCCCOC(C)c2ccccc2)C1. The van der Waals surface area contributed by atoms with Crippen LogP contribution in [0.15, 0.2) is 35.3 Å². The number of nitrogens with one attached hydrogen (secondary N) is 2. The van der Waals surface area contributed by atoms with Crippen LogP contribution >= 0.6 is 0 Å². The van der Waals surface area contributed by atoms with Gasteiger partial charge < -0.3 is 20.3 Å². The van der Waals surface area contributed by atoms with Gasteiger partial charge in [-0.3, -0.25) is 9.79 Å². The number of hydrogen-bond acceptors (Lipinski definition) is 3. The quantitative estimate of drug-likeness (QED) is 0.424. The van der Waals surface area contributed by atoms with Gasteiger partial charge in [0.2, 0.25) is 5.91 Å². The third kappa shape index (κ3) is 6.33. The third-order valence-electron chi connectivity index (χ3n) is 4.66. The smallest absolute Gasteiger partial charge is 0.222 e. The number of likely N-dealkylation sites (tertiary alicyclic amines) is 1. The molecule has 2 atom stereocenters. The van der Waals surface area contributed by atoms with Crippen molar-refractivity contribution in [1.29, 1.82) is 0 Å². The van der Waals surface area contributed by atoms with Gasteiger partial charge in [-0.05, 0) is 25.3 Å². The summed E-state index contributed by atoms with van der Waals surface area (Å²) < 4.78 is 5.89. The van der Waals surface area contributed by atoms with E-state index in [1.165, 1.54) is 5.56 Å². The Morgan fingerprint density at radius 2 is 2.15 bits per heavy atom. The van der Waals surface area contributed by atoms with E-state index in [9.17, 15) is 4.79 Å². The molecular weight excluding hydrogens is 328 g/mol. The van der Waals surface area contributed by atoms with Crippen molar-refractivity contribution in [1.82, 2.24) is 15.5 Å². The van der Waals surface area contributed by atoms with Gasteiger partial charge >= 0.3 is 0 Å². The van der Waals surface area contributed by atoms with Gasteiger partial charge in [0, 0.05) is 45.8 Å². The Balaban J connectivity index is 1.61. The molecule has 0 radical (unpaired) electrons. The summed E-state index contributed by atoms with van der Waals surface area (Å²) in [5.41, 5.74) is 1.20. The molecule has 0 aliphatic carbocycles. The van der Waals surface area contributed by atoms with Crippen molar-refractivity contribution in [2.75, 3.05) is 33.3 Å². The van der Waals surface area contributed by atoms with Crippen LogP contribution in [0.25, 0.3) is 0 Å². The number of rotatable bonds is 8. The largest absolute Gasteiger partial charge is 0.374 e. The molecule has 1 amide bonds. The van der Waals surface area contributed by atoms with Crippen molar-refractivity contribution >= 4 is 11.9 Å². The monoisotopic (exact) mass is 360 g/mol. The average molecular weight is 361 g/mol. The van der Waals surface area contributed by atoms with E-state index < -0.39 is 0 Å². The molecule has 1 aliphatic rings. The highest BCUT2D eigenvalue weighted by Gasteiger charge is 2.25. The molecule has 6 heteroatoms. The summed E-state index contributed by atoms with van der Waals surface area (Å²) in [6.07, 6.45) is 2.54. The lowest BCUT2D eigenvalue weighted by atomic mass is 10.1. The van der Waals surface area contributed by atoms with Crippen LogP contribution in [-0.2, 0) is 9.53 Å². The fourth-order valence-corrected chi connectivity index (χ4v) is 3.08.